The molecule has 0 aromatic heterocycles. The maximum atomic E-state index is 5.45. The molecule has 0 aliphatic rings. The maximum Gasteiger partial charge on any atom is 0.0630 e. The number of benzene rings is 1. The van der Waals surface area contributed by atoms with Gasteiger partial charge >= 0.3 is 0 Å². The van der Waals surface area contributed by atoms with Crippen molar-refractivity contribution in [1.29, 1.82) is 0 Å². The molecule has 114 valence electrons. The normalized spacial score (nSPS) is 12.7. The molecule has 0 aliphatic heterocycles. The number of thioether (sulfide) groups is 1. The SMILES string of the molecule is COC(C)(C)CCSc1cccc(CNC(C)(C)C)c1. The van der Waals surface area contributed by atoms with Crippen LogP contribution in [0.1, 0.15) is 46.6 Å². The minimum atomic E-state index is -0.0294. The zero-order valence-corrected chi connectivity index (χ0v) is 14.6. The molecular weight excluding hydrogens is 266 g/mol. The van der Waals surface area contributed by atoms with E-state index < -0.39 is 0 Å². The average molecular weight is 295 g/mol. The largest absolute Gasteiger partial charge is 0.379 e. The molecule has 1 N–H and O–H groups in total. The van der Waals surface area contributed by atoms with Crippen LogP contribution in [0.2, 0.25) is 0 Å². The summed E-state index contributed by atoms with van der Waals surface area (Å²) in [6.07, 6.45) is 1.05. The topological polar surface area (TPSA) is 21.3 Å². The summed E-state index contributed by atoms with van der Waals surface area (Å²) in [4.78, 5) is 1.34. The molecule has 0 fully saturated rings. The molecule has 0 saturated carbocycles. The molecule has 0 radical (unpaired) electrons. The van der Waals surface area contributed by atoms with Crippen molar-refractivity contribution in [2.75, 3.05) is 12.9 Å². The van der Waals surface area contributed by atoms with Gasteiger partial charge in [-0.25, -0.2) is 0 Å². The first-order valence-corrected chi connectivity index (χ1v) is 8.22. The van der Waals surface area contributed by atoms with Gasteiger partial charge in [-0.1, -0.05) is 12.1 Å². The predicted octanol–water partition coefficient (Wildman–Crippen LogP) is 4.48. The molecule has 0 amide bonds. The summed E-state index contributed by atoms with van der Waals surface area (Å²) in [5.74, 6) is 1.08. The number of hydrogen-bond donors (Lipinski definition) is 1. The van der Waals surface area contributed by atoms with Crippen LogP contribution in [0.3, 0.4) is 0 Å². The highest BCUT2D eigenvalue weighted by Crippen LogP contribution is 2.24. The first kappa shape index (κ1) is 17.5. The molecule has 0 saturated heterocycles. The van der Waals surface area contributed by atoms with Crippen molar-refractivity contribution < 1.29 is 4.74 Å². The van der Waals surface area contributed by atoms with Crippen LogP contribution in [0.4, 0.5) is 0 Å². The zero-order valence-electron chi connectivity index (χ0n) is 13.7. The lowest BCUT2D eigenvalue weighted by atomic mass is 10.1. The van der Waals surface area contributed by atoms with Crippen molar-refractivity contribution in [3.8, 4) is 0 Å². The van der Waals surface area contributed by atoms with Gasteiger partial charge in [0.15, 0.2) is 0 Å². The highest BCUT2D eigenvalue weighted by Gasteiger charge is 2.15. The van der Waals surface area contributed by atoms with E-state index >= 15 is 0 Å². The van der Waals surface area contributed by atoms with E-state index in [1.54, 1.807) is 7.11 Å². The van der Waals surface area contributed by atoms with Crippen molar-refractivity contribution in [2.24, 2.45) is 0 Å². The predicted molar refractivity (Wildman–Crippen MR) is 89.5 cm³/mol. The quantitative estimate of drug-likeness (QED) is 0.749. The fourth-order valence-corrected chi connectivity index (χ4v) is 2.87. The summed E-state index contributed by atoms with van der Waals surface area (Å²) in [7, 11) is 1.78. The van der Waals surface area contributed by atoms with Crippen molar-refractivity contribution in [3.63, 3.8) is 0 Å². The maximum absolute atomic E-state index is 5.45. The van der Waals surface area contributed by atoms with Crippen LogP contribution < -0.4 is 5.32 Å². The number of nitrogens with one attached hydrogen (secondary N) is 1. The van der Waals surface area contributed by atoms with Gasteiger partial charge in [-0.3, -0.25) is 0 Å². The molecule has 0 spiro atoms. The van der Waals surface area contributed by atoms with Crippen LogP contribution >= 0.6 is 11.8 Å². The first-order valence-electron chi connectivity index (χ1n) is 7.24. The Bertz CT molecular complexity index is 410. The van der Waals surface area contributed by atoms with E-state index in [4.69, 9.17) is 4.74 Å². The van der Waals surface area contributed by atoms with Gasteiger partial charge in [-0.05, 0) is 58.7 Å². The molecule has 1 aromatic carbocycles. The summed E-state index contributed by atoms with van der Waals surface area (Å²) in [5.41, 5.74) is 1.47. The molecule has 0 bridgehead atoms. The molecule has 3 heteroatoms. The summed E-state index contributed by atoms with van der Waals surface area (Å²) >= 11 is 1.90. The monoisotopic (exact) mass is 295 g/mol. The molecular formula is C17H29NOS. The third-order valence-electron chi connectivity index (χ3n) is 3.25. The smallest absolute Gasteiger partial charge is 0.0630 e. The van der Waals surface area contributed by atoms with Gasteiger partial charge in [0, 0.05) is 29.8 Å². The average Bonchev–Trinajstić information content (AvgIpc) is 2.36. The Labute approximate surface area is 128 Å². The van der Waals surface area contributed by atoms with Crippen LogP contribution in [0.25, 0.3) is 0 Å². The number of methoxy groups -OCH3 is 1. The Balaban J connectivity index is 2.48. The first-order chi connectivity index (χ1) is 9.22. The van der Waals surface area contributed by atoms with E-state index in [0.717, 1.165) is 18.7 Å². The summed E-state index contributed by atoms with van der Waals surface area (Å²) < 4.78 is 5.45. The molecule has 0 heterocycles. The minimum Gasteiger partial charge on any atom is -0.379 e. The van der Waals surface area contributed by atoms with Gasteiger partial charge < -0.3 is 10.1 Å². The number of rotatable bonds is 7. The van der Waals surface area contributed by atoms with Gasteiger partial charge in [0.2, 0.25) is 0 Å². The zero-order chi connectivity index (χ0) is 15.2. The van der Waals surface area contributed by atoms with E-state index in [-0.39, 0.29) is 11.1 Å². The fraction of sp³-hybridized carbons (Fsp3) is 0.647. The van der Waals surface area contributed by atoms with Gasteiger partial charge in [0.25, 0.3) is 0 Å². The van der Waals surface area contributed by atoms with E-state index in [1.807, 2.05) is 11.8 Å². The van der Waals surface area contributed by atoms with Crippen LogP contribution in [-0.2, 0) is 11.3 Å². The lowest BCUT2D eigenvalue weighted by molar-refractivity contribution is 0.0207. The van der Waals surface area contributed by atoms with Crippen LogP contribution in [0.15, 0.2) is 29.2 Å². The molecule has 1 rings (SSSR count). The van der Waals surface area contributed by atoms with Gasteiger partial charge in [0.1, 0.15) is 0 Å². The Hall–Kier alpha value is -0.510. The second kappa shape index (κ2) is 7.48. The van der Waals surface area contributed by atoms with Crippen molar-refractivity contribution in [2.45, 2.75) is 63.6 Å². The summed E-state index contributed by atoms with van der Waals surface area (Å²) in [5, 5.41) is 3.53. The Morgan fingerprint density at radius 2 is 1.85 bits per heavy atom. The Kier molecular flexibility index (Phi) is 6.56. The van der Waals surface area contributed by atoms with Crippen LogP contribution in [0, 0.1) is 0 Å². The second-order valence-electron chi connectivity index (χ2n) is 6.81. The molecule has 1 aromatic rings. The van der Waals surface area contributed by atoms with E-state index in [1.165, 1.54) is 10.5 Å². The van der Waals surface area contributed by atoms with Crippen molar-refractivity contribution in [3.05, 3.63) is 29.8 Å². The molecule has 20 heavy (non-hydrogen) atoms. The van der Waals surface area contributed by atoms with E-state index in [9.17, 15) is 0 Å². The molecule has 0 unspecified atom stereocenters. The molecule has 2 nitrogen and oxygen atoms in total. The Morgan fingerprint density at radius 3 is 2.45 bits per heavy atom. The third kappa shape index (κ3) is 7.32. The second-order valence-corrected chi connectivity index (χ2v) is 7.98. The lowest BCUT2D eigenvalue weighted by Crippen LogP contribution is -2.35. The molecule has 0 atom stereocenters. The van der Waals surface area contributed by atoms with E-state index in [0.29, 0.717) is 0 Å². The van der Waals surface area contributed by atoms with Crippen LogP contribution in [-0.4, -0.2) is 24.0 Å². The fourth-order valence-electron chi connectivity index (χ4n) is 1.63. The highest BCUT2D eigenvalue weighted by molar-refractivity contribution is 7.99. The summed E-state index contributed by atoms with van der Waals surface area (Å²) in [6, 6.07) is 8.79. The van der Waals surface area contributed by atoms with Gasteiger partial charge in [0.05, 0.1) is 5.60 Å². The van der Waals surface area contributed by atoms with Gasteiger partial charge in [-0.2, -0.15) is 0 Å². The van der Waals surface area contributed by atoms with Gasteiger partial charge in [-0.15, -0.1) is 11.8 Å². The minimum absolute atomic E-state index is 0.0294. The lowest BCUT2D eigenvalue weighted by Gasteiger charge is -2.22. The third-order valence-corrected chi connectivity index (χ3v) is 4.24. The highest BCUT2D eigenvalue weighted by atomic mass is 32.2. The van der Waals surface area contributed by atoms with E-state index in [2.05, 4.69) is 64.2 Å². The van der Waals surface area contributed by atoms with Crippen molar-refractivity contribution in [1.82, 2.24) is 5.32 Å². The number of hydrogen-bond acceptors (Lipinski definition) is 3. The van der Waals surface area contributed by atoms with Crippen LogP contribution in [0.5, 0.6) is 0 Å². The Morgan fingerprint density at radius 1 is 1.15 bits per heavy atom. The van der Waals surface area contributed by atoms with Crippen molar-refractivity contribution >= 4 is 11.8 Å². The number of ether oxygens (including phenoxy) is 1. The summed E-state index contributed by atoms with van der Waals surface area (Å²) in [6.45, 7) is 11.8. The molecule has 0 aliphatic carbocycles. The standard InChI is InChI=1S/C17H29NOS/c1-16(2,3)18-13-14-8-7-9-15(12-14)20-11-10-17(4,5)19-6/h7-9,12,18H,10-11,13H2,1-6H3.